The molecule has 7 aromatic rings. The summed E-state index contributed by atoms with van der Waals surface area (Å²) in [6.45, 7) is 9.38. The van der Waals surface area contributed by atoms with Crippen molar-refractivity contribution in [2.24, 2.45) is 0 Å². The molecule has 2 nitrogen and oxygen atoms in total. The van der Waals surface area contributed by atoms with Gasteiger partial charge in [0.05, 0.1) is 11.4 Å². The first kappa shape index (κ1) is 27.8. The van der Waals surface area contributed by atoms with Crippen molar-refractivity contribution >= 4 is 27.8 Å². The van der Waals surface area contributed by atoms with Gasteiger partial charge in [0.1, 0.15) is 0 Å². The summed E-state index contributed by atoms with van der Waals surface area (Å²) in [4.78, 5) is 7.91. The molecule has 0 unspecified atom stereocenters. The highest BCUT2D eigenvalue weighted by atomic mass is 15.1. The topological polar surface area (TPSA) is 16.1 Å². The summed E-state index contributed by atoms with van der Waals surface area (Å²) in [6, 6.07) is 53.1. The lowest BCUT2D eigenvalue weighted by atomic mass is 9.81. The van der Waals surface area contributed by atoms with Gasteiger partial charge >= 0.3 is 0 Å². The Balaban J connectivity index is 1.15. The summed E-state index contributed by atoms with van der Waals surface area (Å²) in [7, 11) is 0. The second-order valence-corrected chi connectivity index (χ2v) is 14.1. The highest BCUT2D eigenvalue weighted by Gasteiger charge is 2.43. The fraction of sp³-hybridized carbons (Fsp3) is 0.133. The van der Waals surface area contributed by atoms with Crippen LogP contribution in [0.1, 0.15) is 50.1 Å². The van der Waals surface area contributed by atoms with Crippen molar-refractivity contribution in [3.05, 3.63) is 168 Å². The van der Waals surface area contributed by atoms with Crippen molar-refractivity contribution in [3.63, 3.8) is 0 Å². The van der Waals surface area contributed by atoms with Crippen molar-refractivity contribution in [2.45, 2.75) is 38.5 Å². The van der Waals surface area contributed by atoms with Gasteiger partial charge in [-0.05, 0) is 98.8 Å². The monoisotopic (exact) mass is 604 g/mol. The number of para-hydroxylation sites is 2. The van der Waals surface area contributed by atoms with Crippen LogP contribution in [0.3, 0.4) is 0 Å². The second-order valence-electron chi connectivity index (χ2n) is 14.1. The molecule has 2 aliphatic rings. The Kier molecular flexibility index (Phi) is 5.92. The number of anilines is 3. The summed E-state index contributed by atoms with van der Waals surface area (Å²) < 4.78 is 0. The quantitative estimate of drug-likeness (QED) is 0.199. The Morgan fingerprint density at radius 1 is 0.426 bits per heavy atom. The molecule has 0 bridgehead atoms. The molecule has 0 fully saturated rings. The molecule has 2 aliphatic carbocycles. The fourth-order valence-electron chi connectivity index (χ4n) is 7.99. The smallest absolute Gasteiger partial charge is 0.0750 e. The van der Waals surface area contributed by atoms with Gasteiger partial charge in [-0.1, -0.05) is 119 Å². The molecule has 0 radical (unpaired) electrons. The number of benzene rings is 6. The number of fused-ring (bicyclic) bond motifs is 7. The molecule has 0 N–H and O–H groups in total. The Morgan fingerprint density at radius 3 is 1.74 bits per heavy atom. The Bertz CT molecular complexity index is 2310. The maximum absolute atomic E-state index is 5.56. The van der Waals surface area contributed by atoms with E-state index in [2.05, 4.69) is 178 Å². The van der Waals surface area contributed by atoms with Crippen LogP contribution in [0.4, 0.5) is 17.1 Å². The zero-order valence-corrected chi connectivity index (χ0v) is 27.3. The Labute approximate surface area is 277 Å². The van der Waals surface area contributed by atoms with E-state index in [0.717, 1.165) is 28.5 Å². The molecule has 0 atom stereocenters. The Hall–Kier alpha value is -5.47. The van der Waals surface area contributed by atoms with E-state index in [4.69, 9.17) is 4.98 Å². The minimum Gasteiger partial charge on any atom is -0.310 e. The number of pyridine rings is 1. The number of nitrogens with zero attached hydrogens (tertiary/aromatic N) is 2. The maximum atomic E-state index is 5.56. The van der Waals surface area contributed by atoms with Crippen LogP contribution in [0.2, 0.25) is 0 Å². The zero-order chi connectivity index (χ0) is 31.9. The van der Waals surface area contributed by atoms with E-state index < -0.39 is 0 Å². The van der Waals surface area contributed by atoms with Crippen LogP contribution in [-0.4, -0.2) is 4.98 Å². The van der Waals surface area contributed by atoms with Gasteiger partial charge in [0.15, 0.2) is 0 Å². The van der Waals surface area contributed by atoms with Crippen molar-refractivity contribution in [1.82, 2.24) is 4.98 Å². The first-order chi connectivity index (χ1) is 22.8. The van der Waals surface area contributed by atoms with Crippen LogP contribution >= 0.6 is 0 Å². The van der Waals surface area contributed by atoms with Crippen molar-refractivity contribution < 1.29 is 0 Å². The minimum absolute atomic E-state index is 0.163. The molecule has 1 aromatic heterocycles. The lowest BCUT2D eigenvalue weighted by Gasteiger charge is -2.27. The fourth-order valence-corrected chi connectivity index (χ4v) is 7.99. The summed E-state index contributed by atoms with van der Waals surface area (Å²) >= 11 is 0. The second kappa shape index (κ2) is 10.0. The minimum atomic E-state index is -0.243. The van der Waals surface area contributed by atoms with Crippen molar-refractivity contribution in [1.29, 1.82) is 0 Å². The normalized spacial score (nSPS) is 14.7. The van der Waals surface area contributed by atoms with E-state index in [1.54, 1.807) is 0 Å². The highest BCUT2D eigenvalue weighted by Crippen LogP contribution is 2.55. The standard InChI is InChI=1S/C45H36N2/c1-44(2)39-26-32(31-20-19-29-13-11-12-14-30(29)25-31)21-23-37(39)42-41(44)28-38-36-24-22-35(27-40(36)45(3,4)43(38)46-42)47(33-15-7-5-8-16-33)34-17-9-6-10-18-34/h5-28H,1-4H3. The number of hydrogen-bond acceptors (Lipinski definition) is 2. The lowest BCUT2D eigenvalue weighted by Crippen LogP contribution is -2.19. The van der Waals surface area contributed by atoms with Crippen LogP contribution in [-0.2, 0) is 10.8 Å². The predicted octanol–water partition coefficient (Wildman–Crippen LogP) is 12.0. The average Bonchev–Trinajstić information content (AvgIpc) is 3.46. The first-order valence-corrected chi connectivity index (χ1v) is 16.6. The molecular weight excluding hydrogens is 569 g/mol. The van der Waals surface area contributed by atoms with Crippen LogP contribution in [0, 0.1) is 0 Å². The van der Waals surface area contributed by atoms with Gasteiger partial charge in [0, 0.05) is 39.0 Å². The van der Waals surface area contributed by atoms with Gasteiger partial charge in [-0.25, -0.2) is 0 Å². The van der Waals surface area contributed by atoms with Gasteiger partial charge in [-0.15, -0.1) is 0 Å². The van der Waals surface area contributed by atoms with E-state index in [1.165, 1.54) is 55.3 Å². The molecule has 226 valence electrons. The van der Waals surface area contributed by atoms with Crippen LogP contribution in [0.5, 0.6) is 0 Å². The average molecular weight is 605 g/mol. The van der Waals surface area contributed by atoms with Crippen LogP contribution in [0.25, 0.3) is 44.3 Å². The first-order valence-electron chi connectivity index (χ1n) is 16.6. The summed E-state index contributed by atoms with van der Waals surface area (Å²) in [5.74, 6) is 0. The van der Waals surface area contributed by atoms with E-state index in [1.807, 2.05) is 0 Å². The van der Waals surface area contributed by atoms with Crippen LogP contribution in [0.15, 0.2) is 146 Å². The SMILES string of the molecule is CC1(C)c2cc(-c3ccc4ccccc4c3)ccc2-c2nc3c(cc21)-c1ccc(N(c2ccccc2)c2ccccc2)cc1C3(C)C. The van der Waals surface area contributed by atoms with Gasteiger partial charge in [-0.3, -0.25) is 4.98 Å². The predicted molar refractivity (Wildman–Crippen MR) is 197 cm³/mol. The van der Waals surface area contributed by atoms with Gasteiger partial charge in [0.2, 0.25) is 0 Å². The molecule has 9 rings (SSSR count). The summed E-state index contributed by atoms with van der Waals surface area (Å²) in [5, 5.41) is 2.54. The zero-order valence-electron chi connectivity index (χ0n) is 27.3. The van der Waals surface area contributed by atoms with Crippen molar-refractivity contribution in [2.75, 3.05) is 4.90 Å². The Morgan fingerprint density at radius 2 is 1.02 bits per heavy atom. The molecule has 2 heteroatoms. The highest BCUT2D eigenvalue weighted by molar-refractivity contribution is 5.91. The lowest BCUT2D eigenvalue weighted by molar-refractivity contribution is 0.631. The summed E-state index contributed by atoms with van der Waals surface area (Å²) in [6.07, 6.45) is 0. The molecule has 0 aliphatic heterocycles. The van der Waals surface area contributed by atoms with E-state index in [9.17, 15) is 0 Å². The van der Waals surface area contributed by atoms with Crippen molar-refractivity contribution in [3.8, 4) is 33.5 Å². The van der Waals surface area contributed by atoms with Gasteiger partial charge in [-0.2, -0.15) is 0 Å². The largest absolute Gasteiger partial charge is 0.310 e. The van der Waals surface area contributed by atoms with E-state index in [0.29, 0.717) is 0 Å². The third-order valence-electron chi connectivity index (χ3n) is 10.6. The van der Waals surface area contributed by atoms with E-state index >= 15 is 0 Å². The van der Waals surface area contributed by atoms with Gasteiger partial charge < -0.3 is 4.90 Å². The molecule has 0 saturated carbocycles. The molecule has 0 saturated heterocycles. The third-order valence-corrected chi connectivity index (χ3v) is 10.6. The van der Waals surface area contributed by atoms with Crippen LogP contribution < -0.4 is 4.90 Å². The molecule has 0 amide bonds. The molecule has 0 spiro atoms. The maximum Gasteiger partial charge on any atom is 0.0750 e. The number of aromatic nitrogens is 1. The van der Waals surface area contributed by atoms with Gasteiger partial charge in [0.25, 0.3) is 0 Å². The molecule has 1 heterocycles. The van der Waals surface area contributed by atoms with E-state index in [-0.39, 0.29) is 10.8 Å². The third kappa shape index (κ3) is 4.14. The molecule has 6 aromatic carbocycles. The molecular formula is C45H36N2. The summed E-state index contributed by atoms with van der Waals surface area (Å²) in [5.41, 5.74) is 15.6. The molecule has 47 heavy (non-hydrogen) atoms. The number of hydrogen-bond donors (Lipinski definition) is 0. The number of rotatable bonds is 4.